The summed E-state index contributed by atoms with van der Waals surface area (Å²) >= 11 is 0. The molecule has 2 amide bonds. The third-order valence-corrected chi connectivity index (χ3v) is 3.84. The van der Waals surface area contributed by atoms with Crippen molar-refractivity contribution >= 4 is 11.8 Å². The second-order valence-corrected chi connectivity index (χ2v) is 5.85. The van der Waals surface area contributed by atoms with Crippen molar-refractivity contribution < 1.29 is 9.59 Å². The number of aryl methyl sites for hydroxylation is 2. The fraction of sp³-hybridized carbons (Fsp3) is 0.529. The van der Waals surface area contributed by atoms with E-state index in [0.29, 0.717) is 5.56 Å². The molecular formula is C17H24N2O2. The minimum absolute atomic E-state index is 0.0228. The van der Waals surface area contributed by atoms with E-state index in [1.165, 1.54) is 12.8 Å². The highest BCUT2D eigenvalue weighted by Crippen LogP contribution is 2.10. The molecule has 21 heavy (non-hydrogen) atoms. The Balaban J connectivity index is 1.89. The van der Waals surface area contributed by atoms with Gasteiger partial charge in [0.25, 0.3) is 5.91 Å². The highest BCUT2D eigenvalue weighted by Gasteiger charge is 2.16. The monoisotopic (exact) mass is 288 g/mol. The number of hydrogen-bond acceptors (Lipinski definition) is 2. The van der Waals surface area contributed by atoms with Gasteiger partial charge in [0.05, 0.1) is 6.54 Å². The average molecular weight is 288 g/mol. The molecule has 1 aromatic carbocycles. The molecule has 0 spiro atoms. The predicted molar refractivity (Wildman–Crippen MR) is 83.3 cm³/mol. The number of carbonyl (C=O) groups is 2. The van der Waals surface area contributed by atoms with E-state index >= 15 is 0 Å². The van der Waals surface area contributed by atoms with E-state index < -0.39 is 0 Å². The maximum atomic E-state index is 12.1. The first-order chi connectivity index (χ1) is 10.1. The van der Waals surface area contributed by atoms with Crippen LogP contribution in [0.15, 0.2) is 18.2 Å². The topological polar surface area (TPSA) is 49.4 Å². The van der Waals surface area contributed by atoms with Crippen LogP contribution < -0.4 is 5.32 Å². The molecular weight excluding hydrogens is 264 g/mol. The summed E-state index contributed by atoms with van der Waals surface area (Å²) in [5, 5.41) is 2.74. The van der Waals surface area contributed by atoms with E-state index in [2.05, 4.69) is 5.32 Å². The van der Waals surface area contributed by atoms with Crippen molar-refractivity contribution in [3.8, 4) is 0 Å². The molecule has 0 aromatic heterocycles. The van der Waals surface area contributed by atoms with Crippen molar-refractivity contribution in [1.82, 2.24) is 10.2 Å². The third kappa shape index (κ3) is 4.59. The van der Waals surface area contributed by atoms with Gasteiger partial charge in [-0.15, -0.1) is 0 Å². The van der Waals surface area contributed by atoms with Crippen LogP contribution >= 0.6 is 0 Å². The fourth-order valence-electron chi connectivity index (χ4n) is 2.80. The number of nitrogens with one attached hydrogen (secondary N) is 1. The molecule has 1 fully saturated rings. The van der Waals surface area contributed by atoms with Crippen LogP contribution in [0.4, 0.5) is 0 Å². The van der Waals surface area contributed by atoms with Gasteiger partial charge in [0.2, 0.25) is 5.91 Å². The van der Waals surface area contributed by atoms with Crippen molar-refractivity contribution in [2.75, 3.05) is 19.6 Å². The van der Waals surface area contributed by atoms with Crippen LogP contribution in [0.25, 0.3) is 0 Å². The Morgan fingerprint density at radius 3 is 2.14 bits per heavy atom. The highest BCUT2D eigenvalue weighted by molar-refractivity contribution is 5.96. The fourth-order valence-corrected chi connectivity index (χ4v) is 2.80. The van der Waals surface area contributed by atoms with E-state index in [1.54, 1.807) is 0 Å². The number of hydrogen-bond donors (Lipinski definition) is 1. The molecule has 1 heterocycles. The van der Waals surface area contributed by atoms with Gasteiger partial charge < -0.3 is 10.2 Å². The molecule has 1 aliphatic heterocycles. The van der Waals surface area contributed by atoms with Crippen molar-refractivity contribution in [3.05, 3.63) is 34.9 Å². The van der Waals surface area contributed by atoms with Crippen LogP contribution in [0.1, 0.15) is 47.2 Å². The first-order valence-corrected chi connectivity index (χ1v) is 7.70. The quantitative estimate of drug-likeness (QED) is 0.928. The summed E-state index contributed by atoms with van der Waals surface area (Å²) in [7, 11) is 0. The summed E-state index contributed by atoms with van der Waals surface area (Å²) in [5.41, 5.74) is 2.73. The minimum Gasteiger partial charge on any atom is -0.343 e. The van der Waals surface area contributed by atoms with Crippen LogP contribution in [0.5, 0.6) is 0 Å². The second kappa shape index (κ2) is 7.25. The van der Waals surface area contributed by atoms with Gasteiger partial charge in [-0.05, 0) is 38.8 Å². The third-order valence-electron chi connectivity index (χ3n) is 3.84. The molecule has 2 rings (SSSR count). The summed E-state index contributed by atoms with van der Waals surface area (Å²) in [5.74, 6) is -0.153. The molecule has 4 heteroatoms. The number of carbonyl (C=O) groups excluding carboxylic acids is 2. The van der Waals surface area contributed by atoms with Crippen LogP contribution in [0, 0.1) is 13.8 Å². The normalized spacial score (nSPS) is 15.4. The maximum absolute atomic E-state index is 12.1. The zero-order valence-electron chi connectivity index (χ0n) is 12.9. The average Bonchev–Trinajstić information content (AvgIpc) is 2.72. The Labute approximate surface area is 126 Å². The van der Waals surface area contributed by atoms with Gasteiger partial charge in [-0.2, -0.15) is 0 Å². The summed E-state index contributed by atoms with van der Waals surface area (Å²) in [6, 6.07) is 5.72. The molecule has 0 bridgehead atoms. The first kappa shape index (κ1) is 15.5. The Morgan fingerprint density at radius 2 is 1.57 bits per heavy atom. The van der Waals surface area contributed by atoms with Crippen LogP contribution in [0.3, 0.4) is 0 Å². The molecule has 1 aromatic rings. The van der Waals surface area contributed by atoms with E-state index in [1.807, 2.05) is 36.9 Å². The molecule has 0 saturated carbocycles. The lowest BCUT2D eigenvalue weighted by molar-refractivity contribution is -0.130. The molecule has 0 radical (unpaired) electrons. The van der Waals surface area contributed by atoms with Gasteiger partial charge >= 0.3 is 0 Å². The number of rotatable bonds is 3. The lowest BCUT2D eigenvalue weighted by Gasteiger charge is -2.20. The lowest BCUT2D eigenvalue weighted by Crippen LogP contribution is -2.40. The SMILES string of the molecule is Cc1cc(C)cc(C(=O)NCC(=O)N2CCCCCC2)c1. The second-order valence-electron chi connectivity index (χ2n) is 5.85. The first-order valence-electron chi connectivity index (χ1n) is 7.70. The van der Waals surface area contributed by atoms with Crippen molar-refractivity contribution in [2.24, 2.45) is 0 Å². The molecule has 0 aliphatic carbocycles. The summed E-state index contributed by atoms with van der Waals surface area (Å²) < 4.78 is 0. The van der Waals surface area contributed by atoms with Gasteiger partial charge in [0, 0.05) is 18.7 Å². The molecule has 0 atom stereocenters. The Bertz CT molecular complexity index is 497. The molecule has 1 saturated heterocycles. The van der Waals surface area contributed by atoms with Crippen molar-refractivity contribution in [1.29, 1.82) is 0 Å². The van der Waals surface area contributed by atoms with E-state index in [9.17, 15) is 9.59 Å². The molecule has 1 aliphatic rings. The zero-order chi connectivity index (χ0) is 15.2. The Morgan fingerprint density at radius 1 is 1.00 bits per heavy atom. The molecule has 4 nitrogen and oxygen atoms in total. The molecule has 114 valence electrons. The molecule has 0 unspecified atom stereocenters. The van der Waals surface area contributed by atoms with E-state index in [0.717, 1.165) is 37.1 Å². The maximum Gasteiger partial charge on any atom is 0.251 e. The number of amides is 2. The standard InChI is InChI=1S/C17H24N2O2/c1-13-9-14(2)11-15(10-13)17(21)18-12-16(20)19-7-5-3-4-6-8-19/h9-11H,3-8,12H2,1-2H3,(H,18,21). The summed E-state index contributed by atoms with van der Waals surface area (Å²) in [6.45, 7) is 5.65. The zero-order valence-corrected chi connectivity index (χ0v) is 12.9. The van der Waals surface area contributed by atoms with E-state index in [-0.39, 0.29) is 18.4 Å². The van der Waals surface area contributed by atoms with Gasteiger partial charge in [0.15, 0.2) is 0 Å². The summed E-state index contributed by atoms with van der Waals surface area (Å²) in [6.07, 6.45) is 4.52. The van der Waals surface area contributed by atoms with Crippen LogP contribution in [-0.2, 0) is 4.79 Å². The smallest absolute Gasteiger partial charge is 0.251 e. The lowest BCUT2D eigenvalue weighted by atomic mass is 10.1. The van der Waals surface area contributed by atoms with Gasteiger partial charge in [-0.25, -0.2) is 0 Å². The van der Waals surface area contributed by atoms with Crippen molar-refractivity contribution in [3.63, 3.8) is 0 Å². The van der Waals surface area contributed by atoms with Crippen molar-refractivity contribution in [2.45, 2.75) is 39.5 Å². The Hall–Kier alpha value is -1.84. The van der Waals surface area contributed by atoms with Gasteiger partial charge in [0.1, 0.15) is 0 Å². The van der Waals surface area contributed by atoms with Gasteiger partial charge in [-0.1, -0.05) is 30.0 Å². The van der Waals surface area contributed by atoms with E-state index in [4.69, 9.17) is 0 Å². The van der Waals surface area contributed by atoms with Crippen LogP contribution in [0.2, 0.25) is 0 Å². The largest absolute Gasteiger partial charge is 0.343 e. The molecule has 1 N–H and O–H groups in total. The number of nitrogens with zero attached hydrogens (tertiary/aromatic N) is 1. The minimum atomic E-state index is -0.176. The summed E-state index contributed by atoms with van der Waals surface area (Å²) in [4.78, 5) is 26.1. The number of likely N-dealkylation sites (tertiary alicyclic amines) is 1. The van der Waals surface area contributed by atoms with Gasteiger partial charge in [-0.3, -0.25) is 9.59 Å². The highest BCUT2D eigenvalue weighted by atomic mass is 16.2. The predicted octanol–water partition coefficient (Wildman–Crippen LogP) is 2.44. The Kier molecular flexibility index (Phi) is 5.37. The van der Waals surface area contributed by atoms with Crippen LogP contribution in [-0.4, -0.2) is 36.3 Å². The number of benzene rings is 1.